The summed E-state index contributed by atoms with van der Waals surface area (Å²) in [6.45, 7) is 4.19. The number of ether oxygens (including phenoxy) is 2. The molecule has 19 heavy (non-hydrogen) atoms. The van der Waals surface area contributed by atoms with Crippen molar-refractivity contribution in [1.29, 1.82) is 0 Å². The molecule has 0 radical (unpaired) electrons. The molecule has 0 saturated heterocycles. The summed E-state index contributed by atoms with van der Waals surface area (Å²) in [4.78, 5) is 11.9. The molecule has 0 spiro atoms. The van der Waals surface area contributed by atoms with Crippen molar-refractivity contribution in [2.45, 2.75) is 32.2 Å². The van der Waals surface area contributed by atoms with Gasteiger partial charge in [-0.05, 0) is 49.8 Å². The molecular weight excluding hydrogens is 242 g/mol. The van der Waals surface area contributed by atoms with E-state index in [0.717, 1.165) is 29.7 Å². The minimum atomic E-state index is -1.02. The lowest BCUT2D eigenvalue weighted by Gasteiger charge is -2.26. The van der Waals surface area contributed by atoms with Crippen LogP contribution < -0.4 is 10.5 Å². The maximum absolute atomic E-state index is 11.9. The first-order chi connectivity index (χ1) is 8.99. The number of rotatable bonds is 5. The van der Waals surface area contributed by atoms with E-state index >= 15 is 0 Å². The van der Waals surface area contributed by atoms with Crippen molar-refractivity contribution in [3.63, 3.8) is 0 Å². The molecule has 1 saturated carbocycles. The SMILES string of the molecule is COC(=O)C(N)(COc1cccc(C)c1C)C1CC1. The monoisotopic (exact) mass is 263 g/mol. The van der Waals surface area contributed by atoms with Crippen molar-refractivity contribution in [3.05, 3.63) is 29.3 Å². The minimum absolute atomic E-state index is 0.161. The van der Waals surface area contributed by atoms with E-state index in [0.29, 0.717) is 0 Å². The van der Waals surface area contributed by atoms with Crippen LogP contribution in [0.3, 0.4) is 0 Å². The minimum Gasteiger partial charge on any atom is -0.491 e. The normalized spacial score (nSPS) is 17.7. The molecule has 0 aliphatic heterocycles. The van der Waals surface area contributed by atoms with Crippen LogP contribution in [0.2, 0.25) is 0 Å². The van der Waals surface area contributed by atoms with E-state index in [4.69, 9.17) is 15.2 Å². The number of methoxy groups -OCH3 is 1. The van der Waals surface area contributed by atoms with E-state index in [1.54, 1.807) is 0 Å². The lowest BCUT2D eigenvalue weighted by molar-refractivity contribution is -0.149. The Hall–Kier alpha value is -1.55. The molecular formula is C15H21NO3. The molecule has 0 bridgehead atoms. The summed E-state index contributed by atoms with van der Waals surface area (Å²) in [7, 11) is 1.37. The topological polar surface area (TPSA) is 61.5 Å². The first-order valence-corrected chi connectivity index (χ1v) is 6.55. The highest BCUT2D eigenvalue weighted by atomic mass is 16.5. The lowest BCUT2D eigenvalue weighted by Crippen LogP contribution is -2.55. The third kappa shape index (κ3) is 2.73. The Balaban J connectivity index is 2.11. The maximum atomic E-state index is 11.9. The summed E-state index contributed by atoms with van der Waals surface area (Å²) >= 11 is 0. The molecule has 1 fully saturated rings. The van der Waals surface area contributed by atoms with Crippen molar-refractivity contribution >= 4 is 5.97 Å². The van der Waals surface area contributed by atoms with E-state index in [9.17, 15) is 4.79 Å². The van der Waals surface area contributed by atoms with Crippen LogP contribution in [-0.4, -0.2) is 25.2 Å². The molecule has 1 aliphatic rings. The van der Waals surface area contributed by atoms with Crippen molar-refractivity contribution in [3.8, 4) is 5.75 Å². The second-order valence-corrected chi connectivity index (χ2v) is 5.29. The van der Waals surface area contributed by atoms with Gasteiger partial charge in [-0.15, -0.1) is 0 Å². The summed E-state index contributed by atoms with van der Waals surface area (Å²) in [5, 5.41) is 0. The van der Waals surface area contributed by atoms with Crippen molar-refractivity contribution in [2.24, 2.45) is 11.7 Å². The summed E-state index contributed by atoms with van der Waals surface area (Å²) in [5.41, 5.74) is 7.40. The lowest BCUT2D eigenvalue weighted by atomic mass is 9.96. The first kappa shape index (κ1) is 13.9. The van der Waals surface area contributed by atoms with Gasteiger partial charge in [0.2, 0.25) is 0 Å². The average molecular weight is 263 g/mol. The van der Waals surface area contributed by atoms with E-state index in [2.05, 4.69) is 0 Å². The molecule has 1 unspecified atom stereocenters. The Bertz CT molecular complexity index is 482. The van der Waals surface area contributed by atoms with Gasteiger partial charge in [-0.3, -0.25) is 0 Å². The number of benzene rings is 1. The highest BCUT2D eigenvalue weighted by Crippen LogP contribution is 2.39. The summed E-state index contributed by atoms with van der Waals surface area (Å²) in [6.07, 6.45) is 1.92. The number of nitrogens with two attached hydrogens (primary N) is 1. The molecule has 1 aliphatic carbocycles. The van der Waals surface area contributed by atoms with Crippen LogP contribution in [0.5, 0.6) is 5.75 Å². The molecule has 4 heteroatoms. The van der Waals surface area contributed by atoms with Crippen LogP contribution >= 0.6 is 0 Å². The molecule has 104 valence electrons. The van der Waals surface area contributed by atoms with Gasteiger partial charge in [-0.2, -0.15) is 0 Å². The Kier molecular flexibility index (Phi) is 3.80. The Labute approximate surface area is 113 Å². The molecule has 2 N–H and O–H groups in total. The zero-order valence-electron chi connectivity index (χ0n) is 11.7. The fraction of sp³-hybridized carbons (Fsp3) is 0.533. The van der Waals surface area contributed by atoms with Gasteiger partial charge in [-0.25, -0.2) is 4.79 Å². The predicted molar refractivity (Wildman–Crippen MR) is 73.1 cm³/mol. The average Bonchev–Trinajstić information content (AvgIpc) is 3.23. The largest absolute Gasteiger partial charge is 0.491 e. The smallest absolute Gasteiger partial charge is 0.329 e. The number of carbonyl (C=O) groups is 1. The van der Waals surface area contributed by atoms with Gasteiger partial charge in [-0.1, -0.05) is 12.1 Å². The highest BCUT2D eigenvalue weighted by molar-refractivity contribution is 5.81. The zero-order chi connectivity index (χ0) is 14.0. The van der Waals surface area contributed by atoms with Gasteiger partial charge < -0.3 is 15.2 Å². The fourth-order valence-electron chi connectivity index (χ4n) is 2.21. The van der Waals surface area contributed by atoms with Crippen molar-refractivity contribution in [1.82, 2.24) is 0 Å². The molecule has 0 aromatic heterocycles. The van der Waals surface area contributed by atoms with Crippen molar-refractivity contribution < 1.29 is 14.3 Å². The van der Waals surface area contributed by atoms with E-state index in [1.807, 2.05) is 32.0 Å². The molecule has 1 atom stereocenters. The van der Waals surface area contributed by atoms with Crippen LogP contribution in [0.25, 0.3) is 0 Å². The number of esters is 1. The van der Waals surface area contributed by atoms with Gasteiger partial charge in [0.25, 0.3) is 0 Å². The second kappa shape index (κ2) is 5.21. The molecule has 0 amide bonds. The first-order valence-electron chi connectivity index (χ1n) is 6.55. The number of hydrogen-bond acceptors (Lipinski definition) is 4. The third-order valence-electron chi connectivity index (χ3n) is 3.89. The standard InChI is InChI=1S/C15H21NO3/c1-10-5-4-6-13(11(10)2)19-9-15(16,12-7-8-12)14(17)18-3/h4-6,12H,7-9,16H2,1-3H3. The molecule has 0 heterocycles. The number of aryl methyl sites for hydroxylation is 1. The fourth-order valence-corrected chi connectivity index (χ4v) is 2.21. The van der Waals surface area contributed by atoms with E-state index in [1.165, 1.54) is 7.11 Å². The quantitative estimate of drug-likeness (QED) is 0.825. The Morgan fingerprint density at radius 3 is 2.68 bits per heavy atom. The highest BCUT2D eigenvalue weighted by Gasteiger charge is 2.49. The summed E-state index contributed by atoms with van der Waals surface area (Å²) in [5.74, 6) is 0.560. The van der Waals surface area contributed by atoms with Crippen molar-refractivity contribution in [2.75, 3.05) is 13.7 Å². The van der Waals surface area contributed by atoms with Crippen LogP contribution in [0, 0.1) is 19.8 Å². The maximum Gasteiger partial charge on any atom is 0.329 e. The number of carbonyl (C=O) groups excluding carboxylic acids is 1. The van der Waals surface area contributed by atoms with E-state index < -0.39 is 5.54 Å². The third-order valence-corrected chi connectivity index (χ3v) is 3.89. The molecule has 2 rings (SSSR count). The Morgan fingerprint density at radius 1 is 1.42 bits per heavy atom. The van der Waals surface area contributed by atoms with Gasteiger partial charge >= 0.3 is 5.97 Å². The second-order valence-electron chi connectivity index (χ2n) is 5.29. The van der Waals surface area contributed by atoms with Crippen LogP contribution in [0.1, 0.15) is 24.0 Å². The molecule has 1 aromatic rings. The van der Waals surface area contributed by atoms with Crippen LogP contribution in [0.4, 0.5) is 0 Å². The van der Waals surface area contributed by atoms with Gasteiger partial charge in [0, 0.05) is 0 Å². The summed E-state index contributed by atoms with van der Waals surface area (Å²) < 4.78 is 10.6. The van der Waals surface area contributed by atoms with Gasteiger partial charge in [0.15, 0.2) is 5.54 Å². The van der Waals surface area contributed by atoms with Crippen LogP contribution in [0.15, 0.2) is 18.2 Å². The Morgan fingerprint density at radius 2 is 2.11 bits per heavy atom. The zero-order valence-corrected chi connectivity index (χ0v) is 11.7. The van der Waals surface area contributed by atoms with Crippen LogP contribution in [-0.2, 0) is 9.53 Å². The van der Waals surface area contributed by atoms with E-state index in [-0.39, 0.29) is 18.5 Å². The van der Waals surface area contributed by atoms with Gasteiger partial charge in [0.1, 0.15) is 12.4 Å². The molecule has 1 aromatic carbocycles. The summed E-state index contributed by atoms with van der Waals surface area (Å²) in [6, 6.07) is 5.86. The predicted octanol–water partition coefficient (Wildman–Crippen LogP) is 1.96. The molecule has 4 nitrogen and oxygen atoms in total. The number of hydrogen-bond donors (Lipinski definition) is 1. The van der Waals surface area contributed by atoms with Gasteiger partial charge in [0.05, 0.1) is 7.11 Å².